The summed E-state index contributed by atoms with van der Waals surface area (Å²) in [5.74, 6) is -2.81. The maximum absolute atomic E-state index is 13.6. The molecule has 1 aliphatic heterocycles. The van der Waals surface area contributed by atoms with Gasteiger partial charge in [-0.05, 0) is 25.0 Å². The summed E-state index contributed by atoms with van der Waals surface area (Å²) in [6, 6.07) is 4.13. The number of amides is 1. The number of anilines is 1. The quantitative estimate of drug-likeness (QED) is 0.861. The summed E-state index contributed by atoms with van der Waals surface area (Å²) >= 11 is 0. The number of rotatable bonds is 3. The van der Waals surface area contributed by atoms with E-state index in [1.54, 1.807) is 11.0 Å². The molecule has 0 saturated carbocycles. The minimum Gasteiger partial charge on any atom is -0.478 e. The van der Waals surface area contributed by atoms with Gasteiger partial charge in [0.15, 0.2) is 0 Å². The van der Waals surface area contributed by atoms with E-state index in [0.717, 1.165) is 12.5 Å². The van der Waals surface area contributed by atoms with Crippen LogP contribution in [-0.2, 0) is 4.79 Å². The smallest absolute Gasteiger partial charge is 0.340 e. The van der Waals surface area contributed by atoms with E-state index in [9.17, 15) is 14.0 Å². The molecule has 19 heavy (non-hydrogen) atoms. The lowest BCUT2D eigenvalue weighted by Gasteiger charge is -2.33. The molecule has 1 aliphatic rings. The number of carboxylic acids is 1. The molecule has 0 spiro atoms. The number of carboxylic acid groups (broad SMARTS) is 1. The van der Waals surface area contributed by atoms with Gasteiger partial charge < -0.3 is 15.7 Å². The van der Waals surface area contributed by atoms with Gasteiger partial charge in [0.2, 0.25) is 5.91 Å². The Morgan fingerprint density at radius 1 is 1.42 bits per heavy atom. The summed E-state index contributed by atoms with van der Waals surface area (Å²) in [4.78, 5) is 24.1. The van der Waals surface area contributed by atoms with Gasteiger partial charge in [0.05, 0.1) is 11.6 Å². The molecule has 0 aliphatic carbocycles. The van der Waals surface area contributed by atoms with Gasteiger partial charge in [-0.15, -0.1) is 0 Å². The molecule has 1 aromatic rings. The Labute approximate surface area is 109 Å². The van der Waals surface area contributed by atoms with E-state index in [2.05, 4.69) is 0 Å². The number of nitrogens with zero attached hydrogens (tertiary/aromatic N) is 1. The molecule has 1 amide bonds. The summed E-state index contributed by atoms with van der Waals surface area (Å²) < 4.78 is 13.6. The van der Waals surface area contributed by atoms with Crippen LogP contribution in [-0.4, -0.2) is 30.1 Å². The van der Waals surface area contributed by atoms with Crippen molar-refractivity contribution in [3.8, 4) is 0 Å². The molecule has 0 bridgehead atoms. The summed E-state index contributed by atoms with van der Waals surface area (Å²) in [5.41, 5.74) is 5.23. The molecular formula is C13H15FN2O3. The van der Waals surface area contributed by atoms with Crippen molar-refractivity contribution in [1.82, 2.24) is 0 Å². The Kier molecular flexibility index (Phi) is 3.69. The van der Waals surface area contributed by atoms with Gasteiger partial charge in [-0.25, -0.2) is 9.18 Å². The Bertz CT molecular complexity index is 519. The second-order valence-electron chi connectivity index (χ2n) is 4.63. The molecule has 1 atom stereocenters. The molecule has 1 heterocycles. The van der Waals surface area contributed by atoms with Crippen molar-refractivity contribution in [2.24, 2.45) is 11.7 Å². The lowest BCUT2D eigenvalue weighted by molar-refractivity contribution is -0.122. The van der Waals surface area contributed by atoms with Crippen LogP contribution in [0.25, 0.3) is 0 Å². The topological polar surface area (TPSA) is 83.6 Å². The minimum absolute atomic E-state index is 0.304. The summed E-state index contributed by atoms with van der Waals surface area (Å²) in [7, 11) is 0. The predicted molar refractivity (Wildman–Crippen MR) is 67.5 cm³/mol. The highest BCUT2D eigenvalue weighted by Gasteiger charge is 2.27. The second kappa shape index (κ2) is 5.26. The standard InChI is InChI=1S/C13H15FN2O3/c14-9-4-1-5-10(11(9)13(18)19)16-6-2-3-8(7-16)12(15)17/h1,4-5,8H,2-3,6-7H2,(H2,15,17)(H,18,19). The second-order valence-corrected chi connectivity index (χ2v) is 4.63. The average Bonchev–Trinajstić information content (AvgIpc) is 2.38. The first-order chi connectivity index (χ1) is 9.00. The fraction of sp³-hybridized carbons (Fsp3) is 0.385. The van der Waals surface area contributed by atoms with Gasteiger partial charge in [0.25, 0.3) is 0 Å². The van der Waals surface area contributed by atoms with Crippen molar-refractivity contribution < 1.29 is 19.1 Å². The van der Waals surface area contributed by atoms with E-state index in [1.807, 2.05) is 0 Å². The largest absolute Gasteiger partial charge is 0.478 e. The summed E-state index contributed by atoms with van der Waals surface area (Å²) in [6.07, 6.45) is 1.41. The number of carbonyl (C=O) groups is 2. The number of nitrogens with two attached hydrogens (primary N) is 1. The first-order valence-electron chi connectivity index (χ1n) is 6.06. The third-order valence-electron chi connectivity index (χ3n) is 3.37. The summed E-state index contributed by atoms with van der Waals surface area (Å²) in [6.45, 7) is 0.923. The van der Waals surface area contributed by atoms with Crippen LogP contribution in [0.5, 0.6) is 0 Å². The molecule has 1 aromatic carbocycles. The number of aromatic carboxylic acids is 1. The number of hydrogen-bond donors (Lipinski definition) is 2. The first-order valence-corrected chi connectivity index (χ1v) is 6.06. The fourth-order valence-corrected chi connectivity index (χ4v) is 2.42. The van der Waals surface area contributed by atoms with Crippen LogP contribution < -0.4 is 10.6 Å². The zero-order valence-electron chi connectivity index (χ0n) is 10.3. The van der Waals surface area contributed by atoms with Crippen molar-refractivity contribution in [1.29, 1.82) is 0 Å². The highest BCUT2D eigenvalue weighted by atomic mass is 19.1. The van der Waals surface area contributed by atoms with Crippen molar-refractivity contribution in [3.05, 3.63) is 29.6 Å². The van der Waals surface area contributed by atoms with Gasteiger partial charge in [-0.2, -0.15) is 0 Å². The van der Waals surface area contributed by atoms with Crippen LogP contribution in [0, 0.1) is 11.7 Å². The number of piperidine rings is 1. The number of primary amides is 1. The maximum Gasteiger partial charge on any atom is 0.340 e. The SMILES string of the molecule is NC(=O)C1CCCN(c2cccc(F)c2C(=O)O)C1. The molecule has 2 rings (SSSR count). The summed E-state index contributed by atoms with van der Waals surface area (Å²) in [5, 5.41) is 9.09. The number of hydrogen-bond acceptors (Lipinski definition) is 3. The normalized spacial score (nSPS) is 19.2. The van der Waals surface area contributed by atoms with E-state index < -0.39 is 17.7 Å². The molecule has 1 fully saturated rings. The molecule has 3 N–H and O–H groups in total. The van der Waals surface area contributed by atoms with Crippen LogP contribution >= 0.6 is 0 Å². The minimum atomic E-state index is -1.31. The van der Waals surface area contributed by atoms with Gasteiger partial charge in [0, 0.05) is 13.1 Å². The van der Waals surface area contributed by atoms with Gasteiger partial charge in [-0.3, -0.25) is 4.79 Å². The zero-order chi connectivity index (χ0) is 14.0. The lowest BCUT2D eigenvalue weighted by atomic mass is 9.96. The first kappa shape index (κ1) is 13.3. The highest BCUT2D eigenvalue weighted by Crippen LogP contribution is 2.28. The Morgan fingerprint density at radius 3 is 2.79 bits per heavy atom. The number of carbonyl (C=O) groups excluding carboxylic acids is 1. The van der Waals surface area contributed by atoms with Crippen molar-refractivity contribution in [3.63, 3.8) is 0 Å². The van der Waals surface area contributed by atoms with Gasteiger partial charge in [0.1, 0.15) is 11.4 Å². The van der Waals surface area contributed by atoms with E-state index in [0.29, 0.717) is 25.2 Å². The molecule has 1 saturated heterocycles. The Hall–Kier alpha value is -2.11. The molecule has 1 unspecified atom stereocenters. The molecular weight excluding hydrogens is 251 g/mol. The highest BCUT2D eigenvalue weighted by molar-refractivity contribution is 5.95. The molecule has 102 valence electrons. The monoisotopic (exact) mass is 266 g/mol. The van der Waals surface area contributed by atoms with Crippen LogP contribution in [0.1, 0.15) is 23.2 Å². The molecule has 0 aromatic heterocycles. The van der Waals surface area contributed by atoms with Gasteiger partial charge in [-0.1, -0.05) is 6.07 Å². The number of halogens is 1. The average molecular weight is 266 g/mol. The van der Waals surface area contributed by atoms with E-state index in [-0.39, 0.29) is 11.5 Å². The Balaban J connectivity index is 2.34. The third-order valence-corrected chi connectivity index (χ3v) is 3.37. The maximum atomic E-state index is 13.6. The van der Waals surface area contributed by atoms with Crippen molar-refractivity contribution >= 4 is 17.6 Å². The van der Waals surface area contributed by atoms with Gasteiger partial charge >= 0.3 is 5.97 Å². The van der Waals surface area contributed by atoms with Crippen LogP contribution in [0.15, 0.2) is 18.2 Å². The van der Waals surface area contributed by atoms with E-state index >= 15 is 0 Å². The molecule has 0 radical (unpaired) electrons. The Morgan fingerprint density at radius 2 is 2.16 bits per heavy atom. The van der Waals surface area contributed by atoms with Crippen molar-refractivity contribution in [2.75, 3.05) is 18.0 Å². The number of benzene rings is 1. The fourth-order valence-electron chi connectivity index (χ4n) is 2.42. The van der Waals surface area contributed by atoms with Crippen molar-refractivity contribution in [2.45, 2.75) is 12.8 Å². The van der Waals surface area contributed by atoms with Crippen LogP contribution in [0.4, 0.5) is 10.1 Å². The van der Waals surface area contributed by atoms with E-state index in [1.165, 1.54) is 6.07 Å². The van der Waals surface area contributed by atoms with Crippen LogP contribution in [0.2, 0.25) is 0 Å². The lowest BCUT2D eigenvalue weighted by Crippen LogP contribution is -2.41. The molecule has 5 nitrogen and oxygen atoms in total. The molecule has 6 heteroatoms. The predicted octanol–water partition coefficient (Wildman–Crippen LogP) is 1.23. The zero-order valence-corrected chi connectivity index (χ0v) is 10.3. The third kappa shape index (κ3) is 2.67. The van der Waals surface area contributed by atoms with Crippen LogP contribution in [0.3, 0.4) is 0 Å². The van der Waals surface area contributed by atoms with E-state index in [4.69, 9.17) is 10.8 Å².